The molecule has 6 heteroatoms. The van der Waals surface area contributed by atoms with Crippen LogP contribution in [0.25, 0.3) is 0 Å². The summed E-state index contributed by atoms with van der Waals surface area (Å²) in [5, 5.41) is 0. The smallest absolute Gasteiger partial charge is 0.338 e. The highest BCUT2D eigenvalue weighted by atomic mass is 79.9. The molecule has 0 saturated heterocycles. The Morgan fingerprint density at radius 3 is 2.68 bits per heavy atom. The van der Waals surface area contributed by atoms with E-state index < -0.39 is 5.97 Å². The van der Waals surface area contributed by atoms with Gasteiger partial charge in [0.05, 0.1) is 12.2 Å². The second kappa shape index (κ2) is 8.90. The maximum atomic E-state index is 11.7. The first-order chi connectivity index (χ1) is 9.13. The number of esters is 1. The molecule has 1 rings (SSSR count). The number of nitrogen functional groups attached to an aromatic ring is 1. The molecule has 0 radical (unpaired) electrons. The second-order valence-corrected chi connectivity index (χ2v) is 4.78. The molecule has 0 bridgehead atoms. The van der Waals surface area contributed by atoms with E-state index in [1.165, 1.54) is 0 Å². The summed E-state index contributed by atoms with van der Waals surface area (Å²) in [5.74, 6) is -0.409. The van der Waals surface area contributed by atoms with Crippen molar-refractivity contribution < 1.29 is 19.0 Å². The summed E-state index contributed by atoms with van der Waals surface area (Å²) in [4.78, 5) is 11.7. The van der Waals surface area contributed by atoms with Crippen LogP contribution in [-0.2, 0) is 14.2 Å². The van der Waals surface area contributed by atoms with Crippen LogP contribution in [0.3, 0.4) is 0 Å². The van der Waals surface area contributed by atoms with Crippen LogP contribution in [0.2, 0.25) is 0 Å². The SMILES string of the molecule is COCCCOCCOC(=O)c1cc(N)cc(Br)c1. The normalized spacial score (nSPS) is 10.4. The Hall–Kier alpha value is -1.11. The van der Waals surface area contributed by atoms with Crippen molar-refractivity contribution in [3.63, 3.8) is 0 Å². The molecule has 0 aliphatic heterocycles. The zero-order valence-corrected chi connectivity index (χ0v) is 12.4. The Morgan fingerprint density at radius 1 is 1.21 bits per heavy atom. The number of carbonyl (C=O) groups is 1. The third kappa shape index (κ3) is 6.56. The lowest BCUT2D eigenvalue weighted by Gasteiger charge is -2.07. The van der Waals surface area contributed by atoms with Gasteiger partial charge in [0.15, 0.2) is 0 Å². The summed E-state index contributed by atoms with van der Waals surface area (Å²) in [5.41, 5.74) is 6.58. The maximum absolute atomic E-state index is 11.7. The first-order valence-corrected chi connectivity index (χ1v) is 6.72. The minimum Gasteiger partial charge on any atom is -0.460 e. The average molecular weight is 332 g/mol. The summed E-state index contributed by atoms with van der Waals surface area (Å²) < 4.78 is 16.0. The molecule has 0 atom stereocenters. The van der Waals surface area contributed by atoms with Gasteiger partial charge >= 0.3 is 5.97 Å². The number of carbonyl (C=O) groups excluding carboxylic acids is 1. The Morgan fingerprint density at radius 2 is 2.00 bits per heavy atom. The highest BCUT2D eigenvalue weighted by molar-refractivity contribution is 9.10. The highest BCUT2D eigenvalue weighted by Crippen LogP contribution is 2.17. The summed E-state index contributed by atoms with van der Waals surface area (Å²) in [7, 11) is 1.64. The van der Waals surface area contributed by atoms with Gasteiger partial charge in [0.25, 0.3) is 0 Å². The summed E-state index contributed by atoms with van der Waals surface area (Å²) in [6.07, 6.45) is 0.826. The number of anilines is 1. The molecule has 1 aromatic carbocycles. The number of ether oxygens (including phenoxy) is 3. The van der Waals surface area contributed by atoms with Crippen LogP contribution >= 0.6 is 15.9 Å². The van der Waals surface area contributed by atoms with Gasteiger partial charge in [0.1, 0.15) is 6.61 Å². The predicted octanol–water partition coefficient (Wildman–Crippen LogP) is 2.24. The first-order valence-electron chi connectivity index (χ1n) is 5.93. The zero-order chi connectivity index (χ0) is 14.1. The van der Waals surface area contributed by atoms with Crippen molar-refractivity contribution in [2.75, 3.05) is 39.3 Å². The van der Waals surface area contributed by atoms with Crippen molar-refractivity contribution in [3.8, 4) is 0 Å². The Bertz CT molecular complexity index is 391. The lowest BCUT2D eigenvalue weighted by atomic mass is 10.2. The predicted molar refractivity (Wildman–Crippen MR) is 76.1 cm³/mol. The van der Waals surface area contributed by atoms with Gasteiger partial charge in [-0.2, -0.15) is 0 Å². The molecule has 0 aromatic heterocycles. The zero-order valence-electron chi connectivity index (χ0n) is 10.9. The van der Waals surface area contributed by atoms with E-state index in [0.717, 1.165) is 10.9 Å². The number of nitrogens with two attached hydrogens (primary N) is 1. The van der Waals surface area contributed by atoms with E-state index in [0.29, 0.717) is 31.1 Å². The Labute approximate surface area is 121 Å². The molecule has 0 heterocycles. The number of halogens is 1. The highest BCUT2D eigenvalue weighted by Gasteiger charge is 2.08. The second-order valence-electron chi connectivity index (χ2n) is 3.87. The lowest BCUT2D eigenvalue weighted by molar-refractivity contribution is 0.0288. The topological polar surface area (TPSA) is 70.8 Å². The van der Waals surface area contributed by atoms with Crippen LogP contribution in [0, 0.1) is 0 Å². The van der Waals surface area contributed by atoms with Crippen molar-refractivity contribution in [1.29, 1.82) is 0 Å². The largest absolute Gasteiger partial charge is 0.460 e. The quantitative estimate of drug-likeness (QED) is 0.449. The van der Waals surface area contributed by atoms with Crippen LogP contribution < -0.4 is 5.73 Å². The molecule has 5 nitrogen and oxygen atoms in total. The minimum absolute atomic E-state index is 0.220. The van der Waals surface area contributed by atoms with Crippen molar-refractivity contribution in [1.82, 2.24) is 0 Å². The van der Waals surface area contributed by atoms with Crippen LogP contribution in [0.4, 0.5) is 5.69 Å². The molecule has 0 spiro atoms. The number of rotatable bonds is 8. The third-order valence-corrected chi connectivity index (χ3v) is 2.71. The Kier molecular flexibility index (Phi) is 7.47. The minimum atomic E-state index is -0.409. The molecule has 0 amide bonds. The van der Waals surface area contributed by atoms with Crippen LogP contribution in [0.5, 0.6) is 0 Å². The molecule has 106 valence electrons. The molecular weight excluding hydrogens is 314 g/mol. The summed E-state index contributed by atoms with van der Waals surface area (Å²) in [6.45, 7) is 1.85. The van der Waals surface area contributed by atoms with Gasteiger partial charge in [-0.25, -0.2) is 4.79 Å². The maximum Gasteiger partial charge on any atom is 0.338 e. The third-order valence-electron chi connectivity index (χ3n) is 2.25. The van der Waals surface area contributed by atoms with E-state index in [1.54, 1.807) is 25.3 Å². The molecule has 0 fully saturated rings. The number of hydrogen-bond donors (Lipinski definition) is 1. The van der Waals surface area contributed by atoms with E-state index >= 15 is 0 Å². The van der Waals surface area contributed by atoms with E-state index in [4.69, 9.17) is 19.9 Å². The van der Waals surface area contributed by atoms with Crippen molar-refractivity contribution in [2.24, 2.45) is 0 Å². The lowest BCUT2D eigenvalue weighted by Crippen LogP contribution is -2.12. The molecule has 0 aliphatic carbocycles. The van der Waals surface area contributed by atoms with E-state index in [1.807, 2.05) is 0 Å². The van der Waals surface area contributed by atoms with Gasteiger partial charge < -0.3 is 19.9 Å². The van der Waals surface area contributed by atoms with Crippen LogP contribution in [0.15, 0.2) is 22.7 Å². The summed E-state index contributed by atoms with van der Waals surface area (Å²) in [6, 6.07) is 4.96. The Balaban J connectivity index is 2.24. The van der Waals surface area contributed by atoms with Gasteiger partial charge in [0, 0.05) is 30.5 Å². The van der Waals surface area contributed by atoms with E-state index in [9.17, 15) is 4.79 Å². The van der Waals surface area contributed by atoms with Gasteiger partial charge in [0.2, 0.25) is 0 Å². The standard InChI is InChI=1S/C13H18BrNO4/c1-17-3-2-4-18-5-6-19-13(16)10-7-11(14)9-12(15)8-10/h7-9H,2-6,15H2,1H3. The van der Waals surface area contributed by atoms with Gasteiger partial charge in [-0.1, -0.05) is 15.9 Å². The molecular formula is C13H18BrNO4. The fourth-order valence-electron chi connectivity index (χ4n) is 1.41. The monoisotopic (exact) mass is 331 g/mol. The van der Waals surface area contributed by atoms with Crippen molar-refractivity contribution in [2.45, 2.75) is 6.42 Å². The molecule has 2 N–H and O–H groups in total. The fourth-order valence-corrected chi connectivity index (χ4v) is 1.93. The van der Waals surface area contributed by atoms with Gasteiger partial charge in [-0.05, 0) is 24.6 Å². The first kappa shape index (κ1) is 15.9. The number of methoxy groups -OCH3 is 1. The summed E-state index contributed by atoms with van der Waals surface area (Å²) >= 11 is 3.27. The van der Waals surface area contributed by atoms with E-state index in [2.05, 4.69) is 15.9 Å². The van der Waals surface area contributed by atoms with Crippen molar-refractivity contribution >= 4 is 27.6 Å². The molecule has 0 saturated carbocycles. The molecule has 0 aliphatic rings. The molecule has 1 aromatic rings. The number of benzene rings is 1. The van der Waals surface area contributed by atoms with Crippen LogP contribution in [-0.4, -0.2) is 39.5 Å². The molecule has 0 unspecified atom stereocenters. The van der Waals surface area contributed by atoms with Gasteiger partial charge in [-0.15, -0.1) is 0 Å². The van der Waals surface area contributed by atoms with E-state index in [-0.39, 0.29) is 6.61 Å². The fraction of sp³-hybridized carbons (Fsp3) is 0.462. The van der Waals surface area contributed by atoms with Crippen molar-refractivity contribution in [3.05, 3.63) is 28.2 Å². The number of hydrogen-bond acceptors (Lipinski definition) is 5. The van der Waals surface area contributed by atoms with Gasteiger partial charge in [-0.3, -0.25) is 0 Å². The molecule has 19 heavy (non-hydrogen) atoms. The van der Waals surface area contributed by atoms with Crippen LogP contribution in [0.1, 0.15) is 16.8 Å². The average Bonchev–Trinajstić information content (AvgIpc) is 2.36.